The van der Waals surface area contributed by atoms with Crippen molar-refractivity contribution in [1.29, 1.82) is 0 Å². The number of carbonyl (C=O) groups is 4. The minimum atomic E-state index is -0.748. The summed E-state index contributed by atoms with van der Waals surface area (Å²) < 4.78 is 21.0. The number of amides is 1. The van der Waals surface area contributed by atoms with Gasteiger partial charge in [-0.3, -0.25) is 4.79 Å². The van der Waals surface area contributed by atoms with Gasteiger partial charge in [-0.1, -0.05) is 19.8 Å². The van der Waals surface area contributed by atoms with Gasteiger partial charge in [0.2, 0.25) is 0 Å². The highest BCUT2D eigenvalue weighted by Gasteiger charge is 2.29. The number of ether oxygens (including phenoxy) is 4. The zero-order valence-electron chi connectivity index (χ0n) is 21.0. The van der Waals surface area contributed by atoms with E-state index in [4.69, 9.17) is 18.9 Å². The van der Waals surface area contributed by atoms with Crippen LogP contribution in [0.5, 0.6) is 5.75 Å². The van der Waals surface area contributed by atoms with Crippen LogP contribution in [0.2, 0.25) is 0 Å². The van der Waals surface area contributed by atoms with Gasteiger partial charge in [0, 0.05) is 18.5 Å². The molecule has 0 unspecified atom stereocenters. The lowest BCUT2D eigenvalue weighted by atomic mass is 10.2. The number of hydrogen-bond acceptors (Lipinski definition) is 9. The first-order valence-corrected chi connectivity index (χ1v) is 12.5. The van der Waals surface area contributed by atoms with Crippen LogP contribution in [0.4, 0.5) is 4.79 Å². The van der Waals surface area contributed by atoms with Crippen LogP contribution < -0.4 is 10.1 Å². The molecule has 0 fully saturated rings. The molecule has 1 N–H and O–H groups in total. The van der Waals surface area contributed by atoms with Gasteiger partial charge in [0.15, 0.2) is 10.6 Å². The molecule has 10 heteroatoms. The minimum Gasteiger partial charge on any atom is -0.466 e. The maximum atomic E-state index is 12.5. The molecule has 0 spiro atoms. The third-order valence-electron chi connectivity index (χ3n) is 4.43. The number of thiophene rings is 1. The second-order valence-electron chi connectivity index (χ2n) is 8.32. The molecule has 34 heavy (non-hydrogen) atoms. The van der Waals surface area contributed by atoms with Crippen molar-refractivity contribution < 1.29 is 38.1 Å². The molecule has 0 radical (unpaired) electrons. The van der Waals surface area contributed by atoms with E-state index < -0.39 is 18.0 Å². The standard InChI is InChI=1S/C24H37NO8S/c1-7-8-14-30-18(26)12-10-9-11-13-25-24(29)33-19-17(6)20(22(27)31-15(2)3)34-21(19)23(28)32-16(4)5/h15-16H,7-14H2,1-6H3,(H,25,29). The van der Waals surface area contributed by atoms with Crippen LogP contribution in [0, 0.1) is 6.92 Å². The molecule has 0 saturated heterocycles. The van der Waals surface area contributed by atoms with Crippen molar-refractivity contribution in [3.8, 4) is 5.75 Å². The van der Waals surface area contributed by atoms with Gasteiger partial charge < -0.3 is 24.3 Å². The average Bonchev–Trinajstić information content (AvgIpc) is 3.06. The van der Waals surface area contributed by atoms with Crippen molar-refractivity contribution in [3.05, 3.63) is 15.3 Å². The SMILES string of the molecule is CCCCOC(=O)CCCCCNC(=O)Oc1c(C(=O)OC(C)C)sc(C(=O)OC(C)C)c1C. The van der Waals surface area contributed by atoms with E-state index in [1.807, 2.05) is 6.92 Å². The van der Waals surface area contributed by atoms with E-state index in [9.17, 15) is 19.2 Å². The summed E-state index contributed by atoms with van der Waals surface area (Å²) >= 11 is 0.875. The van der Waals surface area contributed by atoms with Gasteiger partial charge in [0.25, 0.3) is 0 Å². The summed E-state index contributed by atoms with van der Waals surface area (Å²) in [7, 11) is 0. The van der Waals surface area contributed by atoms with E-state index in [-0.39, 0.29) is 33.7 Å². The predicted molar refractivity (Wildman–Crippen MR) is 129 cm³/mol. The minimum absolute atomic E-state index is 0.0151. The molecule has 0 aliphatic rings. The molecule has 1 aromatic heterocycles. The molecular formula is C24H37NO8S. The van der Waals surface area contributed by atoms with E-state index in [2.05, 4.69) is 5.32 Å². The Kier molecular flexibility index (Phi) is 13.2. The van der Waals surface area contributed by atoms with E-state index in [1.165, 1.54) is 0 Å². The fourth-order valence-corrected chi connectivity index (χ4v) is 3.78. The number of rotatable bonds is 14. The van der Waals surface area contributed by atoms with Gasteiger partial charge >= 0.3 is 24.0 Å². The fourth-order valence-electron chi connectivity index (χ4n) is 2.78. The van der Waals surface area contributed by atoms with Gasteiger partial charge in [-0.15, -0.1) is 11.3 Å². The van der Waals surface area contributed by atoms with Crippen LogP contribution in [-0.2, 0) is 19.0 Å². The van der Waals surface area contributed by atoms with Gasteiger partial charge in [-0.25, -0.2) is 14.4 Å². The van der Waals surface area contributed by atoms with Crippen molar-refractivity contribution in [3.63, 3.8) is 0 Å². The summed E-state index contributed by atoms with van der Waals surface area (Å²) in [5, 5.41) is 2.63. The second kappa shape index (κ2) is 15.3. The summed E-state index contributed by atoms with van der Waals surface area (Å²) in [6.07, 6.45) is 2.75. The van der Waals surface area contributed by atoms with Crippen LogP contribution >= 0.6 is 11.3 Å². The molecule has 0 atom stereocenters. The summed E-state index contributed by atoms with van der Waals surface area (Å²) in [5.74, 6) is -1.50. The van der Waals surface area contributed by atoms with Crippen LogP contribution in [0.1, 0.15) is 98.1 Å². The van der Waals surface area contributed by atoms with E-state index in [0.29, 0.717) is 38.0 Å². The number of esters is 3. The van der Waals surface area contributed by atoms with Gasteiger partial charge in [-0.2, -0.15) is 0 Å². The quantitative estimate of drug-likeness (QED) is 0.211. The second-order valence-corrected chi connectivity index (χ2v) is 9.34. The van der Waals surface area contributed by atoms with Gasteiger partial charge in [0.05, 0.1) is 18.8 Å². The first-order chi connectivity index (χ1) is 16.1. The molecule has 0 aliphatic carbocycles. The Hall–Kier alpha value is -2.62. The zero-order chi connectivity index (χ0) is 25.7. The highest BCUT2D eigenvalue weighted by Crippen LogP contribution is 2.36. The lowest BCUT2D eigenvalue weighted by Gasteiger charge is -2.10. The number of unbranched alkanes of at least 4 members (excludes halogenated alkanes) is 3. The normalized spacial score (nSPS) is 10.8. The Morgan fingerprint density at radius 2 is 1.50 bits per heavy atom. The average molecular weight is 500 g/mol. The number of hydrogen-bond donors (Lipinski definition) is 1. The Morgan fingerprint density at radius 1 is 0.882 bits per heavy atom. The molecule has 1 aromatic rings. The Bertz CT molecular complexity index is 831. The first-order valence-electron chi connectivity index (χ1n) is 11.7. The lowest BCUT2D eigenvalue weighted by molar-refractivity contribution is -0.143. The third kappa shape index (κ3) is 10.5. The van der Waals surface area contributed by atoms with E-state index >= 15 is 0 Å². The summed E-state index contributed by atoms with van der Waals surface area (Å²) in [4.78, 5) is 49.1. The van der Waals surface area contributed by atoms with Crippen molar-refractivity contribution in [1.82, 2.24) is 5.32 Å². The van der Waals surface area contributed by atoms with Gasteiger partial charge in [-0.05, 0) is 53.9 Å². The zero-order valence-corrected chi connectivity index (χ0v) is 21.8. The van der Waals surface area contributed by atoms with E-state index in [1.54, 1.807) is 34.6 Å². The molecule has 192 valence electrons. The van der Waals surface area contributed by atoms with Crippen LogP contribution in [0.3, 0.4) is 0 Å². The molecule has 1 amide bonds. The van der Waals surface area contributed by atoms with Crippen molar-refractivity contribution in [2.45, 2.75) is 92.3 Å². The topological polar surface area (TPSA) is 117 Å². The molecule has 0 aromatic carbocycles. The molecule has 1 heterocycles. The van der Waals surface area contributed by atoms with Crippen LogP contribution in [0.25, 0.3) is 0 Å². The summed E-state index contributed by atoms with van der Waals surface area (Å²) in [6, 6.07) is 0. The van der Waals surface area contributed by atoms with Crippen molar-refractivity contribution in [2.75, 3.05) is 13.2 Å². The highest BCUT2D eigenvalue weighted by molar-refractivity contribution is 7.16. The summed E-state index contributed by atoms with van der Waals surface area (Å²) in [5.41, 5.74) is 0.336. The molecule has 0 aliphatic heterocycles. The molecule has 0 saturated carbocycles. The monoisotopic (exact) mass is 499 g/mol. The number of carbonyl (C=O) groups excluding carboxylic acids is 4. The molecule has 0 bridgehead atoms. The van der Waals surface area contributed by atoms with Crippen LogP contribution in [0.15, 0.2) is 0 Å². The largest absolute Gasteiger partial charge is 0.466 e. The molecular weight excluding hydrogens is 462 g/mol. The molecule has 1 rings (SSSR count). The third-order valence-corrected chi connectivity index (χ3v) is 5.66. The Balaban J connectivity index is 2.66. The Morgan fingerprint density at radius 3 is 2.09 bits per heavy atom. The fraction of sp³-hybridized carbons (Fsp3) is 0.667. The van der Waals surface area contributed by atoms with Crippen molar-refractivity contribution in [2.24, 2.45) is 0 Å². The van der Waals surface area contributed by atoms with Crippen LogP contribution in [-0.4, -0.2) is 49.4 Å². The summed E-state index contributed by atoms with van der Waals surface area (Å²) in [6.45, 7) is 11.2. The van der Waals surface area contributed by atoms with Crippen molar-refractivity contribution >= 4 is 35.3 Å². The maximum Gasteiger partial charge on any atom is 0.412 e. The highest BCUT2D eigenvalue weighted by atomic mass is 32.1. The van der Waals surface area contributed by atoms with E-state index in [0.717, 1.165) is 30.6 Å². The van der Waals surface area contributed by atoms with Gasteiger partial charge in [0.1, 0.15) is 4.88 Å². The number of nitrogens with one attached hydrogen (secondary N) is 1. The lowest BCUT2D eigenvalue weighted by Crippen LogP contribution is -2.28. The maximum absolute atomic E-state index is 12.5. The predicted octanol–water partition coefficient (Wildman–Crippen LogP) is 5.18. The first kappa shape index (κ1) is 29.4. The molecule has 9 nitrogen and oxygen atoms in total. The Labute approximate surface area is 205 Å². The smallest absolute Gasteiger partial charge is 0.412 e.